The van der Waals surface area contributed by atoms with Crippen LogP contribution < -0.4 is 21.7 Å². The third kappa shape index (κ3) is 8.17. The van der Waals surface area contributed by atoms with E-state index >= 15 is 0 Å². The van der Waals surface area contributed by atoms with Gasteiger partial charge in [-0.05, 0) is 36.0 Å². The molecule has 0 aliphatic heterocycles. The monoisotopic (exact) mass is 537 g/mol. The quantitative estimate of drug-likeness (QED) is 0.176. The maximum absolute atomic E-state index is 13.3. The van der Waals surface area contributed by atoms with Crippen molar-refractivity contribution in [3.63, 3.8) is 0 Å². The van der Waals surface area contributed by atoms with Gasteiger partial charge in [-0.25, -0.2) is 4.79 Å². The van der Waals surface area contributed by atoms with Gasteiger partial charge in [-0.3, -0.25) is 14.4 Å². The number of aromatic nitrogens is 1. The van der Waals surface area contributed by atoms with Crippen molar-refractivity contribution >= 4 is 59.0 Å². The molecule has 4 atom stereocenters. The summed E-state index contributed by atoms with van der Waals surface area (Å²) in [5, 5.41) is 18.1. The van der Waals surface area contributed by atoms with Crippen LogP contribution in [0.1, 0.15) is 25.8 Å². The molecule has 0 aliphatic rings. The van der Waals surface area contributed by atoms with E-state index in [4.69, 9.17) is 5.73 Å². The number of benzene rings is 1. The summed E-state index contributed by atoms with van der Waals surface area (Å²) in [5.41, 5.74) is 7.59. The van der Waals surface area contributed by atoms with E-state index in [2.05, 4.69) is 33.6 Å². The van der Waals surface area contributed by atoms with Gasteiger partial charge in [0.1, 0.15) is 18.1 Å². The Labute approximate surface area is 220 Å². The van der Waals surface area contributed by atoms with Crippen molar-refractivity contribution in [2.24, 2.45) is 11.7 Å². The van der Waals surface area contributed by atoms with Gasteiger partial charge < -0.3 is 31.8 Å². The summed E-state index contributed by atoms with van der Waals surface area (Å²) in [6.07, 6.45) is 4.23. The zero-order valence-corrected chi connectivity index (χ0v) is 22.3. The summed E-state index contributed by atoms with van der Waals surface area (Å²) >= 11 is 5.56. The second-order valence-corrected chi connectivity index (χ2v) is 10.2. The SMILES string of the molecule is CSCCC(N)C(=O)NC(C(=O)NC(Cc1c[nH]c2ccccc12)C(=O)NC(CS)C(=O)O)C(C)C. The predicted octanol–water partition coefficient (Wildman–Crippen LogP) is 0.916. The Morgan fingerprint density at radius 3 is 2.33 bits per heavy atom. The number of aromatic amines is 1. The normalized spacial score (nSPS) is 14.6. The summed E-state index contributed by atoms with van der Waals surface area (Å²) < 4.78 is 0. The molecule has 0 aliphatic carbocycles. The second kappa shape index (κ2) is 14.1. The van der Waals surface area contributed by atoms with Crippen LogP contribution in [-0.4, -0.2) is 75.7 Å². The molecule has 0 spiro atoms. The zero-order valence-electron chi connectivity index (χ0n) is 20.6. The van der Waals surface area contributed by atoms with Crippen molar-refractivity contribution in [3.8, 4) is 0 Å². The van der Waals surface area contributed by atoms with Gasteiger partial charge in [0.2, 0.25) is 17.7 Å². The number of carboxylic acids is 1. The number of nitrogens with one attached hydrogen (secondary N) is 4. The fourth-order valence-corrected chi connectivity index (χ4v) is 4.36. The molecule has 1 aromatic carbocycles. The van der Waals surface area contributed by atoms with Gasteiger partial charge in [0, 0.05) is 29.3 Å². The number of carbonyl (C=O) groups excluding carboxylic acids is 3. The van der Waals surface area contributed by atoms with Gasteiger partial charge >= 0.3 is 5.97 Å². The largest absolute Gasteiger partial charge is 0.480 e. The number of hydrogen-bond donors (Lipinski definition) is 7. The first-order valence-corrected chi connectivity index (χ1v) is 13.7. The Morgan fingerprint density at radius 2 is 1.72 bits per heavy atom. The smallest absolute Gasteiger partial charge is 0.327 e. The van der Waals surface area contributed by atoms with Gasteiger partial charge in [-0.1, -0.05) is 32.0 Å². The molecule has 3 amide bonds. The molecule has 1 heterocycles. The highest BCUT2D eigenvalue weighted by atomic mass is 32.2. The van der Waals surface area contributed by atoms with E-state index in [0.717, 1.165) is 16.5 Å². The number of fused-ring (bicyclic) bond motifs is 1. The van der Waals surface area contributed by atoms with E-state index in [1.807, 2.05) is 30.5 Å². The number of carboxylic acid groups (broad SMARTS) is 1. The number of amides is 3. The molecule has 0 bridgehead atoms. The Balaban J connectivity index is 2.26. The van der Waals surface area contributed by atoms with Gasteiger partial charge in [-0.2, -0.15) is 24.4 Å². The topological polar surface area (TPSA) is 166 Å². The Kier molecular flexibility index (Phi) is 11.6. The Morgan fingerprint density at radius 1 is 1.06 bits per heavy atom. The lowest BCUT2D eigenvalue weighted by Gasteiger charge is -2.27. The van der Waals surface area contributed by atoms with Gasteiger partial charge in [0.05, 0.1) is 6.04 Å². The molecule has 1 aromatic heterocycles. The number of para-hydroxylation sites is 1. The zero-order chi connectivity index (χ0) is 26.8. The lowest BCUT2D eigenvalue weighted by molar-refractivity contribution is -0.141. The molecule has 7 N–H and O–H groups in total. The molecule has 12 heteroatoms. The lowest BCUT2D eigenvalue weighted by atomic mass is 10.00. The molecule has 4 unspecified atom stereocenters. The van der Waals surface area contributed by atoms with Gasteiger partial charge in [0.15, 0.2) is 0 Å². The van der Waals surface area contributed by atoms with E-state index in [0.29, 0.717) is 12.2 Å². The lowest BCUT2D eigenvalue weighted by Crippen LogP contribution is -2.59. The summed E-state index contributed by atoms with van der Waals surface area (Å²) in [4.78, 5) is 53.5. The van der Waals surface area contributed by atoms with E-state index in [9.17, 15) is 24.3 Å². The van der Waals surface area contributed by atoms with Crippen molar-refractivity contribution in [2.45, 2.75) is 50.9 Å². The second-order valence-electron chi connectivity index (χ2n) is 8.83. The molecule has 0 saturated carbocycles. The van der Waals surface area contributed by atoms with Gasteiger partial charge in [-0.15, -0.1) is 0 Å². The van der Waals surface area contributed by atoms with E-state index in [-0.39, 0.29) is 18.1 Å². The number of aliphatic carboxylic acids is 1. The summed E-state index contributed by atoms with van der Waals surface area (Å²) in [6, 6.07) is 3.49. The Hall–Kier alpha value is -2.70. The molecule has 198 valence electrons. The number of thiol groups is 1. The molecule has 10 nitrogen and oxygen atoms in total. The van der Waals surface area contributed by atoms with Crippen molar-refractivity contribution in [2.75, 3.05) is 17.8 Å². The van der Waals surface area contributed by atoms with E-state index < -0.39 is 47.9 Å². The van der Waals surface area contributed by atoms with Crippen LogP contribution in [0, 0.1) is 5.92 Å². The average Bonchev–Trinajstić information content (AvgIpc) is 3.25. The molecule has 2 aromatic rings. The van der Waals surface area contributed by atoms with Crippen LogP contribution in [0.4, 0.5) is 0 Å². The van der Waals surface area contributed by atoms with Crippen LogP contribution in [0.5, 0.6) is 0 Å². The maximum atomic E-state index is 13.3. The first kappa shape index (κ1) is 29.5. The van der Waals surface area contributed by atoms with Crippen molar-refractivity contribution in [1.29, 1.82) is 0 Å². The first-order chi connectivity index (χ1) is 17.1. The van der Waals surface area contributed by atoms with E-state index in [1.165, 1.54) is 0 Å². The highest BCUT2D eigenvalue weighted by molar-refractivity contribution is 7.98. The number of H-pyrrole nitrogens is 1. The van der Waals surface area contributed by atoms with E-state index in [1.54, 1.807) is 31.8 Å². The van der Waals surface area contributed by atoms with Crippen molar-refractivity contribution in [3.05, 3.63) is 36.0 Å². The molecule has 0 radical (unpaired) electrons. The predicted molar refractivity (Wildman–Crippen MR) is 145 cm³/mol. The highest BCUT2D eigenvalue weighted by Crippen LogP contribution is 2.19. The number of hydrogen-bond acceptors (Lipinski definition) is 7. The minimum Gasteiger partial charge on any atom is -0.480 e. The molecular weight excluding hydrogens is 502 g/mol. The standard InChI is InChI=1S/C24H35N5O5S2/c1-13(2)20(29-21(30)16(25)8-9-36-3)23(32)27-18(22(31)28-19(12-35)24(33)34)10-14-11-26-17-7-5-4-6-15(14)17/h4-7,11,13,16,18-20,26,35H,8-10,12,25H2,1-3H3,(H,27,32)(H,28,31)(H,29,30)(H,33,34). The minimum absolute atomic E-state index is 0.104. The maximum Gasteiger partial charge on any atom is 0.327 e. The molecule has 36 heavy (non-hydrogen) atoms. The van der Waals surface area contributed by atoms with Crippen LogP contribution in [0.3, 0.4) is 0 Å². The average molecular weight is 538 g/mol. The van der Waals surface area contributed by atoms with Crippen molar-refractivity contribution in [1.82, 2.24) is 20.9 Å². The summed E-state index contributed by atoms with van der Waals surface area (Å²) in [7, 11) is 0. The number of thioether (sulfide) groups is 1. The fourth-order valence-electron chi connectivity index (χ4n) is 3.62. The third-order valence-corrected chi connectivity index (χ3v) is 6.75. The van der Waals surface area contributed by atoms with Crippen LogP contribution in [0.2, 0.25) is 0 Å². The fraction of sp³-hybridized carbons (Fsp3) is 0.500. The Bertz CT molecular complexity index is 1060. The first-order valence-electron chi connectivity index (χ1n) is 11.6. The van der Waals surface area contributed by atoms with Crippen LogP contribution in [-0.2, 0) is 25.6 Å². The number of rotatable bonds is 14. The molecule has 0 fully saturated rings. The van der Waals surface area contributed by atoms with Gasteiger partial charge in [0.25, 0.3) is 0 Å². The molecule has 0 saturated heterocycles. The van der Waals surface area contributed by atoms with Crippen molar-refractivity contribution < 1.29 is 24.3 Å². The summed E-state index contributed by atoms with van der Waals surface area (Å²) in [5.74, 6) is -2.61. The number of carbonyl (C=O) groups is 4. The van der Waals surface area contributed by atoms with Crippen LogP contribution >= 0.6 is 24.4 Å². The van der Waals surface area contributed by atoms with Crippen LogP contribution in [0.15, 0.2) is 30.5 Å². The number of nitrogens with two attached hydrogens (primary N) is 1. The minimum atomic E-state index is -1.23. The third-order valence-electron chi connectivity index (χ3n) is 5.75. The summed E-state index contributed by atoms with van der Waals surface area (Å²) in [6.45, 7) is 3.54. The molecule has 2 rings (SSSR count). The molecular formula is C24H35N5O5S2. The van der Waals surface area contributed by atoms with Crippen LogP contribution in [0.25, 0.3) is 10.9 Å². The highest BCUT2D eigenvalue weighted by Gasteiger charge is 2.32.